The second kappa shape index (κ2) is 5.40. The van der Waals surface area contributed by atoms with Crippen molar-refractivity contribution in [3.63, 3.8) is 0 Å². The van der Waals surface area contributed by atoms with Gasteiger partial charge in [0, 0.05) is 34.4 Å². The molecule has 94 valence electrons. The summed E-state index contributed by atoms with van der Waals surface area (Å²) in [5, 5.41) is 0. The summed E-state index contributed by atoms with van der Waals surface area (Å²) >= 11 is 3.61. The Labute approximate surface area is 112 Å². The fourth-order valence-electron chi connectivity index (χ4n) is 2.77. The lowest BCUT2D eigenvalue weighted by molar-refractivity contribution is 0.189. The van der Waals surface area contributed by atoms with E-state index in [0.717, 1.165) is 22.7 Å². The van der Waals surface area contributed by atoms with Crippen molar-refractivity contribution in [2.24, 2.45) is 0 Å². The van der Waals surface area contributed by atoms with Gasteiger partial charge >= 0.3 is 0 Å². The first kappa shape index (κ1) is 12.9. The molecule has 1 aliphatic heterocycles. The second-order valence-electron chi connectivity index (χ2n) is 4.97. The summed E-state index contributed by atoms with van der Waals surface area (Å²) < 4.78 is 1.13. The predicted octanol–water partition coefficient (Wildman–Crippen LogP) is 3.79. The Bertz CT molecular complexity index is 372. The maximum absolute atomic E-state index is 6.08. The molecule has 3 heteroatoms. The van der Waals surface area contributed by atoms with Crippen molar-refractivity contribution in [1.29, 1.82) is 0 Å². The number of anilines is 1. The van der Waals surface area contributed by atoms with Gasteiger partial charge in [-0.2, -0.15) is 0 Å². The van der Waals surface area contributed by atoms with E-state index in [1.807, 2.05) is 12.1 Å². The highest BCUT2D eigenvalue weighted by molar-refractivity contribution is 9.10. The van der Waals surface area contributed by atoms with Gasteiger partial charge in [-0.25, -0.2) is 0 Å². The number of hydrogen-bond donors (Lipinski definition) is 1. The van der Waals surface area contributed by atoms with E-state index in [4.69, 9.17) is 5.73 Å². The number of nitrogens with zero attached hydrogens (tertiary/aromatic N) is 1. The maximum atomic E-state index is 6.08. The molecule has 0 spiro atoms. The van der Waals surface area contributed by atoms with Gasteiger partial charge in [0.15, 0.2) is 0 Å². The van der Waals surface area contributed by atoms with Gasteiger partial charge < -0.3 is 5.73 Å². The molecule has 2 rings (SSSR count). The molecule has 0 aliphatic carbocycles. The van der Waals surface area contributed by atoms with E-state index in [-0.39, 0.29) is 0 Å². The quantitative estimate of drug-likeness (QED) is 0.860. The highest BCUT2D eigenvalue weighted by atomic mass is 79.9. The normalized spacial score (nSPS) is 25.4. The third kappa shape index (κ3) is 2.66. The molecule has 0 bridgehead atoms. The van der Waals surface area contributed by atoms with Crippen LogP contribution in [0.2, 0.25) is 0 Å². The van der Waals surface area contributed by atoms with Crippen LogP contribution in [-0.2, 0) is 6.54 Å². The zero-order chi connectivity index (χ0) is 12.4. The smallest absolute Gasteiger partial charge is 0.0371 e. The van der Waals surface area contributed by atoms with Crippen molar-refractivity contribution in [1.82, 2.24) is 4.90 Å². The standard InChI is InChI=1S/C14H21BrN2/c1-3-11-8-7-10(2)17(11)9-12-13(15)5-4-6-14(12)16/h4-6,10-11H,3,7-9,16H2,1-2H3. The Morgan fingerprint density at radius 3 is 2.82 bits per heavy atom. The van der Waals surface area contributed by atoms with Crippen LogP contribution in [0.3, 0.4) is 0 Å². The first-order valence-corrected chi connectivity index (χ1v) is 7.21. The van der Waals surface area contributed by atoms with Crippen molar-refractivity contribution >= 4 is 21.6 Å². The lowest BCUT2D eigenvalue weighted by Crippen LogP contribution is -2.33. The molecule has 1 heterocycles. The van der Waals surface area contributed by atoms with Crippen molar-refractivity contribution in [2.45, 2.75) is 51.7 Å². The lowest BCUT2D eigenvalue weighted by Gasteiger charge is -2.28. The number of nitrogen functional groups attached to an aromatic ring is 1. The fourth-order valence-corrected chi connectivity index (χ4v) is 3.28. The molecule has 0 aromatic heterocycles. The van der Waals surface area contributed by atoms with Crippen LogP contribution in [0, 0.1) is 0 Å². The highest BCUT2D eigenvalue weighted by Crippen LogP contribution is 2.31. The summed E-state index contributed by atoms with van der Waals surface area (Å²) in [5.74, 6) is 0. The van der Waals surface area contributed by atoms with Crippen LogP contribution in [0.5, 0.6) is 0 Å². The Balaban J connectivity index is 2.19. The van der Waals surface area contributed by atoms with Crippen LogP contribution < -0.4 is 5.73 Å². The van der Waals surface area contributed by atoms with E-state index < -0.39 is 0 Å². The molecule has 0 saturated carbocycles. The molecular weight excluding hydrogens is 276 g/mol. The topological polar surface area (TPSA) is 29.3 Å². The van der Waals surface area contributed by atoms with Gasteiger partial charge in [-0.15, -0.1) is 0 Å². The Morgan fingerprint density at radius 2 is 2.18 bits per heavy atom. The third-order valence-electron chi connectivity index (χ3n) is 3.92. The Hall–Kier alpha value is -0.540. The molecule has 1 aromatic rings. The first-order chi connectivity index (χ1) is 8.13. The molecule has 1 aromatic carbocycles. The van der Waals surface area contributed by atoms with Crippen molar-refractivity contribution in [2.75, 3.05) is 5.73 Å². The van der Waals surface area contributed by atoms with Gasteiger partial charge in [0.25, 0.3) is 0 Å². The molecule has 17 heavy (non-hydrogen) atoms. The summed E-state index contributed by atoms with van der Waals surface area (Å²) in [5.41, 5.74) is 8.21. The molecule has 2 unspecified atom stereocenters. The van der Waals surface area contributed by atoms with Crippen LogP contribution >= 0.6 is 15.9 Å². The van der Waals surface area contributed by atoms with Gasteiger partial charge in [0.05, 0.1) is 0 Å². The van der Waals surface area contributed by atoms with Gasteiger partial charge in [-0.3, -0.25) is 4.90 Å². The second-order valence-corrected chi connectivity index (χ2v) is 5.82. The number of hydrogen-bond acceptors (Lipinski definition) is 2. The van der Waals surface area contributed by atoms with Gasteiger partial charge in [-0.05, 0) is 38.3 Å². The molecule has 2 atom stereocenters. The summed E-state index contributed by atoms with van der Waals surface area (Å²) in [6, 6.07) is 7.45. The summed E-state index contributed by atoms with van der Waals surface area (Å²) in [6.45, 7) is 5.56. The molecule has 2 N–H and O–H groups in total. The van der Waals surface area contributed by atoms with Crippen molar-refractivity contribution < 1.29 is 0 Å². The largest absolute Gasteiger partial charge is 0.398 e. The van der Waals surface area contributed by atoms with Crippen molar-refractivity contribution in [3.8, 4) is 0 Å². The van der Waals surface area contributed by atoms with E-state index in [2.05, 4.69) is 40.7 Å². The predicted molar refractivity (Wildman–Crippen MR) is 76.9 cm³/mol. The number of benzene rings is 1. The zero-order valence-electron chi connectivity index (χ0n) is 10.6. The Kier molecular flexibility index (Phi) is 4.10. The van der Waals surface area contributed by atoms with Crippen molar-refractivity contribution in [3.05, 3.63) is 28.2 Å². The third-order valence-corrected chi connectivity index (χ3v) is 4.66. The monoisotopic (exact) mass is 296 g/mol. The van der Waals surface area contributed by atoms with Crippen LogP contribution in [0.15, 0.2) is 22.7 Å². The molecule has 0 amide bonds. The van der Waals surface area contributed by atoms with E-state index >= 15 is 0 Å². The molecule has 1 saturated heterocycles. The van der Waals surface area contributed by atoms with Crippen LogP contribution in [0.1, 0.15) is 38.7 Å². The van der Waals surface area contributed by atoms with Gasteiger partial charge in [0.2, 0.25) is 0 Å². The van der Waals surface area contributed by atoms with E-state index in [9.17, 15) is 0 Å². The molecule has 1 aliphatic rings. The molecule has 0 radical (unpaired) electrons. The highest BCUT2D eigenvalue weighted by Gasteiger charge is 2.29. The summed E-state index contributed by atoms with van der Waals surface area (Å²) in [7, 11) is 0. The number of rotatable bonds is 3. The minimum Gasteiger partial charge on any atom is -0.398 e. The van der Waals surface area contributed by atoms with Crippen LogP contribution in [0.4, 0.5) is 5.69 Å². The Morgan fingerprint density at radius 1 is 1.41 bits per heavy atom. The molecule has 1 fully saturated rings. The summed E-state index contributed by atoms with van der Waals surface area (Å²) in [6.07, 6.45) is 3.86. The van der Waals surface area contributed by atoms with Gasteiger partial charge in [0.1, 0.15) is 0 Å². The van der Waals surface area contributed by atoms with Crippen LogP contribution in [0.25, 0.3) is 0 Å². The lowest BCUT2D eigenvalue weighted by atomic mass is 10.1. The summed E-state index contributed by atoms with van der Waals surface area (Å²) in [4.78, 5) is 2.59. The van der Waals surface area contributed by atoms with E-state index in [1.54, 1.807) is 0 Å². The SMILES string of the molecule is CCC1CCC(C)N1Cc1c(N)cccc1Br. The molecule has 2 nitrogen and oxygen atoms in total. The maximum Gasteiger partial charge on any atom is 0.0371 e. The minimum absolute atomic E-state index is 0.673. The average Bonchev–Trinajstić information content (AvgIpc) is 2.65. The van der Waals surface area contributed by atoms with Gasteiger partial charge in [-0.1, -0.05) is 28.9 Å². The minimum atomic E-state index is 0.673. The average molecular weight is 297 g/mol. The first-order valence-electron chi connectivity index (χ1n) is 6.42. The van der Waals surface area contributed by atoms with E-state index in [0.29, 0.717) is 6.04 Å². The number of nitrogens with two attached hydrogens (primary N) is 1. The number of likely N-dealkylation sites (tertiary alicyclic amines) is 1. The van der Waals surface area contributed by atoms with Crippen LogP contribution in [-0.4, -0.2) is 17.0 Å². The molecular formula is C14H21BrN2. The zero-order valence-corrected chi connectivity index (χ0v) is 12.2. The fraction of sp³-hybridized carbons (Fsp3) is 0.571. The van der Waals surface area contributed by atoms with E-state index in [1.165, 1.54) is 24.8 Å². The number of halogens is 1.